The number of aliphatic hydroxyl groups excluding tert-OH is 1. The van der Waals surface area contributed by atoms with Crippen LogP contribution in [0, 0.1) is 12.7 Å². The molecule has 1 nitrogen and oxygen atoms in total. The fourth-order valence-electron chi connectivity index (χ4n) is 1.39. The summed E-state index contributed by atoms with van der Waals surface area (Å²) in [5.41, 5.74) is 1.46. The van der Waals surface area contributed by atoms with Crippen molar-refractivity contribution < 1.29 is 9.50 Å². The van der Waals surface area contributed by atoms with Gasteiger partial charge in [0.1, 0.15) is 5.82 Å². The lowest BCUT2D eigenvalue weighted by atomic mass is 10.0. The zero-order chi connectivity index (χ0) is 10.6. The molecule has 0 fully saturated rings. The summed E-state index contributed by atoms with van der Waals surface area (Å²) < 4.78 is 13.0. The van der Waals surface area contributed by atoms with Crippen LogP contribution in [0.25, 0.3) is 0 Å². The molecule has 1 unspecified atom stereocenters. The fraction of sp³-hybridized carbons (Fsp3) is 0.455. The molecule has 0 aliphatic carbocycles. The van der Waals surface area contributed by atoms with Crippen molar-refractivity contribution in [3.63, 3.8) is 0 Å². The second-order valence-corrected chi connectivity index (χ2v) is 3.79. The van der Waals surface area contributed by atoms with Crippen LogP contribution in [-0.2, 0) is 0 Å². The Morgan fingerprint density at radius 1 is 1.43 bits per heavy atom. The Morgan fingerprint density at radius 2 is 2.14 bits per heavy atom. The maximum Gasteiger partial charge on any atom is 0.123 e. The number of alkyl halides is 1. The molecule has 0 heterocycles. The van der Waals surface area contributed by atoms with Gasteiger partial charge < -0.3 is 5.11 Å². The Labute approximate surface area is 88.5 Å². The lowest BCUT2D eigenvalue weighted by Crippen LogP contribution is -1.99. The van der Waals surface area contributed by atoms with Crippen molar-refractivity contribution in [1.82, 2.24) is 0 Å². The molecule has 0 amide bonds. The standard InChI is InChI=1S/C11H14ClFO/c1-8-5-9(7-10(13)6-8)11(14)3-2-4-12/h5-7,11,14H,2-4H2,1H3. The van der Waals surface area contributed by atoms with Crippen LogP contribution in [0.3, 0.4) is 0 Å². The fourth-order valence-corrected chi connectivity index (χ4v) is 1.55. The highest BCUT2D eigenvalue weighted by atomic mass is 35.5. The van der Waals surface area contributed by atoms with Gasteiger partial charge in [0.05, 0.1) is 6.10 Å². The molecule has 1 aromatic carbocycles. The Bertz CT molecular complexity index is 281. The van der Waals surface area contributed by atoms with Gasteiger partial charge in [0.2, 0.25) is 0 Å². The van der Waals surface area contributed by atoms with Crippen LogP contribution in [0.15, 0.2) is 18.2 Å². The van der Waals surface area contributed by atoms with Gasteiger partial charge in [-0.1, -0.05) is 6.07 Å². The normalized spacial score (nSPS) is 12.9. The smallest absolute Gasteiger partial charge is 0.123 e. The van der Waals surface area contributed by atoms with E-state index in [-0.39, 0.29) is 5.82 Å². The third-order valence-electron chi connectivity index (χ3n) is 2.06. The second-order valence-electron chi connectivity index (χ2n) is 3.41. The van der Waals surface area contributed by atoms with E-state index in [1.54, 1.807) is 13.0 Å². The minimum Gasteiger partial charge on any atom is -0.388 e. The first-order valence-electron chi connectivity index (χ1n) is 4.64. The number of aryl methyl sites for hydroxylation is 1. The van der Waals surface area contributed by atoms with E-state index in [0.29, 0.717) is 17.9 Å². The summed E-state index contributed by atoms with van der Waals surface area (Å²) in [5.74, 6) is 0.218. The van der Waals surface area contributed by atoms with Crippen LogP contribution in [0.4, 0.5) is 4.39 Å². The van der Waals surface area contributed by atoms with Crippen molar-refractivity contribution >= 4 is 11.6 Å². The second kappa shape index (κ2) is 5.32. The number of hydrogen-bond acceptors (Lipinski definition) is 1. The molecule has 0 aliphatic rings. The summed E-state index contributed by atoms with van der Waals surface area (Å²) in [6.45, 7) is 1.81. The molecule has 0 saturated carbocycles. The molecule has 0 radical (unpaired) electrons. The van der Waals surface area contributed by atoms with E-state index < -0.39 is 6.10 Å². The molecular weight excluding hydrogens is 203 g/mol. The minimum absolute atomic E-state index is 0.301. The molecule has 3 heteroatoms. The highest BCUT2D eigenvalue weighted by Gasteiger charge is 2.08. The van der Waals surface area contributed by atoms with Gasteiger partial charge in [-0.25, -0.2) is 4.39 Å². The molecule has 0 saturated heterocycles. The number of aliphatic hydroxyl groups is 1. The van der Waals surface area contributed by atoms with Gasteiger partial charge in [0.25, 0.3) is 0 Å². The predicted octanol–water partition coefficient (Wildman–Crippen LogP) is 3.19. The van der Waals surface area contributed by atoms with E-state index in [4.69, 9.17) is 11.6 Å². The SMILES string of the molecule is Cc1cc(F)cc(C(O)CCCCl)c1. The molecule has 1 rings (SSSR count). The zero-order valence-electron chi connectivity index (χ0n) is 8.13. The van der Waals surface area contributed by atoms with Crippen LogP contribution in [0.2, 0.25) is 0 Å². The molecule has 1 atom stereocenters. The minimum atomic E-state index is -0.608. The molecule has 1 N–H and O–H groups in total. The summed E-state index contributed by atoms with van der Waals surface area (Å²) in [5, 5.41) is 9.68. The Balaban J connectivity index is 2.73. The summed E-state index contributed by atoms with van der Waals surface area (Å²) in [6.07, 6.45) is 0.702. The molecule has 0 spiro atoms. The third kappa shape index (κ3) is 3.28. The average molecular weight is 217 g/mol. The first kappa shape index (κ1) is 11.5. The van der Waals surface area contributed by atoms with Crippen molar-refractivity contribution in [1.29, 1.82) is 0 Å². The molecule has 14 heavy (non-hydrogen) atoms. The topological polar surface area (TPSA) is 20.2 Å². The van der Waals surface area contributed by atoms with Gasteiger partial charge in [-0.2, -0.15) is 0 Å². The van der Waals surface area contributed by atoms with Crippen molar-refractivity contribution in [2.45, 2.75) is 25.9 Å². The first-order chi connectivity index (χ1) is 6.63. The van der Waals surface area contributed by atoms with E-state index in [9.17, 15) is 9.50 Å². The Hall–Kier alpha value is -0.600. The Kier molecular flexibility index (Phi) is 4.36. The van der Waals surface area contributed by atoms with E-state index in [1.165, 1.54) is 12.1 Å². The van der Waals surface area contributed by atoms with Gasteiger partial charge in [0.15, 0.2) is 0 Å². The highest BCUT2D eigenvalue weighted by Crippen LogP contribution is 2.20. The average Bonchev–Trinajstić information content (AvgIpc) is 2.12. The molecule has 0 bridgehead atoms. The van der Waals surface area contributed by atoms with E-state index in [1.807, 2.05) is 0 Å². The zero-order valence-corrected chi connectivity index (χ0v) is 8.89. The summed E-state index contributed by atoms with van der Waals surface area (Å²) in [7, 11) is 0. The summed E-state index contributed by atoms with van der Waals surface area (Å²) >= 11 is 5.51. The van der Waals surface area contributed by atoms with E-state index in [2.05, 4.69) is 0 Å². The van der Waals surface area contributed by atoms with Crippen LogP contribution in [0.5, 0.6) is 0 Å². The van der Waals surface area contributed by atoms with Gasteiger partial charge in [-0.05, 0) is 43.0 Å². The maximum absolute atomic E-state index is 13.0. The van der Waals surface area contributed by atoms with Crippen molar-refractivity contribution in [3.8, 4) is 0 Å². The van der Waals surface area contributed by atoms with Gasteiger partial charge in [-0.15, -0.1) is 11.6 Å². The lowest BCUT2D eigenvalue weighted by Gasteiger charge is -2.10. The van der Waals surface area contributed by atoms with E-state index in [0.717, 1.165) is 12.0 Å². The molecule has 0 aliphatic heterocycles. The molecule has 78 valence electrons. The van der Waals surface area contributed by atoms with Crippen molar-refractivity contribution in [2.24, 2.45) is 0 Å². The molecule has 1 aromatic rings. The van der Waals surface area contributed by atoms with Gasteiger partial charge >= 0.3 is 0 Å². The predicted molar refractivity (Wildman–Crippen MR) is 56.1 cm³/mol. The van der Waals surface area contributed by atoms with Crippen LogP contribution >= 0.6 is 11.6 Å². The number of hydrogen-bond donors (Lipinski definition) is 1. The van der Waals surface area contributed by atoms with Crippen molar-refractivity contribution in [2.75, 3.05) is 5.88 Å². The maximum atomic E-state index is 13.0. The number of halogens is 2. The third-order valence-corrected chi connectivity index (χ3v) is 2.33. The lowest BCUT2D eigenvalue weighted by molar-refractivity contribution is 0.166. The molecular formula is C11H14ClFO. The van der Waals surface area contributed by atoms with Gasteiger partial charge in [0, 0.05) is 5.88 Å². The summed E-state index contributed by atoms with van der Waals surface area (Å²) in [6, 6.07) is 4.60. The first-order valence-corrected chi connectivity index (χ1v) is 5.18. The van der Waals surface area contributed by atoms with Crippen LogP contribution < -0.4 is 0 Å². The monoisotopic (exact) mass is 216 g/mol. The highest BCUT2D eigenvalue weighted by molar-refractivity contribution is 6.17. The van der Waals surface area contributed by atoms with E-state index >= 15 is 0 Å². The summed E-state index contributed by atoms with van der Waals surface area (Å²) in [4.78, 5) is 0. The van der Waals surface area contributed by atoms with Crippen LogP contribution in [-0.4, -0.2) is 11.0 Å². The largest absolute Gasteiger partial charge is 0.388 e. The Morgan fingerprint density at radius 3 is 2.71 bits per heavy atom. The number of benzene rings is 1. The molecule has 0 aromatic heterocycles. The van der Waals surface area contributed by atoms with Gasteiger partial charge in [-0.3, -0.25) is 0 Å². The number of rotatable bonds is 4. The quantitative estimate of drug-likeness (QED) is 0.767. The van der Waals surface area contributed by atoms with Crippen molar-refractivity contribution in [3.05, 3.63) is 35.1 Å². The van der Waals surface area contributed by atoms with Crippen LogP contribution in [0.1, 0.15) is 30.1 Å².